The molecule has 0 aliphatic heterocycles. The zero-order valence-electron chi connectivity index (χ0n) is 15.1. The van der Waals surface area contributed by atoms with Crippen LogP contribution < -0.4 is 4.74 Å². The van der Waals surface area contributed by atoms with Crippen LogP contribution in [0.3, 0.4) is 0 Å². The van der Waals surface area contributed by atoms with Gasteiger partial charge in [0.2, 0.25) is 0 Å². The summed E-state index contributed by atoms with van der Waals surface area (Å²) < 4.78 is 5.78. The molecule has 0 fully saturated rings. The smallest absolute Gasteiger partial charge is 0.185 e. The van der Waals surface area contributed by atoms with E-state index >= 15 is 0 Å². The van der Waals surface area contributed by atoms with Gasteiger partial charge in [0.05, 0.1) is 0 Å². The summed E-state index contributed by atoms with van der Waals surface area (Å²) in [6.07, 6.45) is 3.45. The van der Waals surface area contributed by atoms with Gasteiger partial charge in [-0.2, -0.15) is 0 Å². The number of ketones is 1. The summed E-state index contributed by atoms with van der Waals surface area (Å²) in [4.78, 5) is 12.3. The lowest BCUT2D eigenvalue weighted by Crippen LogP contribution is -1.96. The van der Waals surface area contributed by atoms with Crippen LogP contribution in [0.2, 0.25) is 0 Å². The van der Waals surface area contributed by atoms with Crippen molar-refractivity contribution >= 4 is 11.9 Å². The minimum Gasteiger partial charge on any atom is -0.489 e. The maximum Gasteiger partial charge on any atom is 0.185 e. The van der Waals surface area contributed by atoms with E-state index in [1.807, 2.05) is 92.7 Å². The van der Waals surface area contributed by atoms with Crippen molar-refractivity contribution in [1.29, 1.82) is 0 Å². The summed E-state index contributed by atoms with van der Waals surface area (Å²) in [7, 11) is 0. The molecular weight excluding hydrogens is 320 g/mol. The van der Waals surface area contributed by atoms with Crippen molar-refractivity contribution in [2.45, 2.75) is 20.5 Å². The van der Waals surface area contributed by atoms with Crippen molar-refractivity contribution in [1.82, 2.24) is 0 Å². The Kier molecular flexibility index (Phi) is 5.65. The average Bonchev–Trinajstić information content (AvgIpc) is 2.68. The molecule has 0 saturated heterocycles. The molecule has 0 saturated carbocycles. The number of benzene rings is 3. The van der Waals surface area contributed by atoms with Crippen molar-refractivity contribution in [3.05, 3.63) is 107 Å². The van der Waals surface area contributed by atoms with E-state index in [0.29, 0.717) is 12.2 Å². The van der Waals surface area contributed by atoms with Crippen LogP contribution in [-0.4, -0.2) is 5.78 Å². The van der Waals surface area contributed by atoms with Gasteiger partial charge in [0, 0.05) is 5.56 Å². The van der Waals surface area contributed by atoms with Gasteiger partial charge in [0.1, 0.15) is 12.4 Å². The zero-order valence-corrected chi connectivity index (χ0v) is 15.1. The van der Waals surface area contributed by atoms with Crippen LogP contribution >= 0.6 is 0 Å². The quantitative estimate of drug-likeness (QED) is 0.419. The Labute approximate surface area is 154 Å². The highest BCUT2D eigenvalue weighted by atomic mass is 16.5. The fourth-order valence-electron chi connectivity index (χ4n) is 2.58. The fourth-order valence-corrected chi connectivity index (χ4v) is 2.58. The molecule has 130 valence electrons. The molecule has 0 radical (unpaired) electrons. The molecule has 2 heteroatoms. The van der Waals surface area contributed by atoms with Gasteiger partial charge in [0.25, 0.3) is 0 Å². The number of hydrogen-bond acceptors (Lipinski definition) is 2. The van der Waals surface area contributed by atoms with Crippen LogP contribution in [0.1, 0.15) is 32.6 Å². The van der Waals surface area contributed by atoms with Crippen molar-refractivity contribution in [3.63, 3.8) is 0 Å². The van der Waals surface area contributed by atoms with Crippen molar-refractivity contribution < 1.29 is 9.53 Å². The normalized spacial score (nSPS) is 10.8. The highest BCUT2D eigenvalue weighted by Gasteiger charge is 2.03. The van der Waals surface area contributed by atoms with Gasteiger partial charge < -0.3 is 4.74 Å². The molecule has 0 spiro atoms. The van der Waals surface area contributed by atoms with Crippen LogP contribution in [0.5, 0.6) is 5.75 Å². The van der Waals surface area contributed by atoms with Crippen molar-refractivity contribution in [2.24, 2.45) is 0 Å². The van der Waals surface area contributed by atoms with E-state index in [0.717, 1.165) is 22.4 Å². The second-order valence-corrected chi connectivity index (χ2v) is 6.34. The summed E-state index contributed by atoms with van der Waals surface area (Å²) in [5.74, 6) is 0.823. The maximum atomic E-state index is 12.3. The first-order chi connectivity index (χ1) is 12.6. The third kappa shape index (κ3) is 4.70. The van der Waals surface area contributed by atoms with Crippen molar-refractivity contribution in [3.8, 4) is 5.75 Å². The molecule has 0 bridgehead atoms. The Bertz CT molecular complexity index is 907. The highest BCUT2D eigenvalue weighted by Crippen LogP contribution is 2.16. The number of carbonyl (C=O) groups excluding carboxylic acids is 1. The van der Waals surface area contributed by atoms with Crippen LogP contribution in [0.15, 0.2) is 78.9 Å². The Morgan fingerprint density at radius 1 is 0.885 bits per heavy atom. The third-order valence-corrected chi connectivity index (χ3v) is 4.35. The standard InChI is InChI=1S/C24H22O2/c1-18-8-12-22(16-19(18)2)24(25)15-11-20-9-13-23(14-10-20)26-17-21-6-4-3-5-7-21/h3-16H,17H2,1-2H3/b15-11+. The van der Waals surface area contributed by atoms with Crippen LogP contribution in [0.4, 0.5) is 0 Å². The van der Waals surface area contributed by atoms with Crippen LogP contribution in [-0.2, 0) is 6.61 Å². The van der Waals surface area contributed by atoms with Gasteiger partial charge in [-0.15, -0.1) is 0 Å². The number of allylic oxidation sites excluding steroid dienone is 1. The maximum absolute atomic E-state index is 12.3. The van der Waals surface area contributed by atoms with Gasteiger partial charge in [-0.05, 0) is 60.4 Å². The largest absolute Gasteiger partial charge is 0.489 e. The average molecular weight is 342 g/mol. The summed E-state index contributed by atoms with van der Waals surface area (Å²) in [6.45, 7) is 4.60. The minimum atomic E-state index is 0.0116. The monoisotopic (exact) mass is 342 g/mol. The van der Waals surface area contributed by atoms with Gasteiger partial charge in [0.15, 0.2) is 5.78 Å². The molecular formula is C24H22O2. The minimum absolute atomic E-state index is 0.0116. The van der Waals surface area contributed by atoms with E-state index in [1.165, 1.54) is 5.56 Å². The molecule has 0 amide bonds. The summed E-state index contributed by atoms with van der Waals surface area (Å²) in [6, 6.07) is 23.6. The van der Waals surface area contributed by atoms with Gasteiger partial charge in [-0.3, -0.25) is 4.79 Å². The van der Waals surface area contributed by atoms with Gasteiger partial charge >= 0.3 is 0 Å². The second-order valence-electron chi connectivity index (χ2n) is 6.34. The second kappa shape index (κ2) is 8.30. The lowest BCUT2D eigenvalue weighted by atomic mass is 10.0. The predicted molar refractivity (Wildman–Crippen MR) is 106 cm³/mol. The highest BCUT2D eigenvalue weighted by molar-refractivity contribution is 6.06. The zero-order chi connectivity index (χ0) is 18.4. The molecule has 0 aromatic heterocycles. The summed E-state index contributed by atoms with van der Waals surface area (Å²) in [5.41, 5.74) is 5.14. The number of rotatable bonds is 6. The van der Waals surface area contributed by atoms with Crippen LogP contribution in [0, 0.1) is 13.8 Å². The Balaban J connectivity index is 1.60. The number of ether oxygens (including phenoxy) is 1. The van der Waals surface area contributed by atoms with E-state index in [4.69, 9.17) is 4.74 Å². The van der Waals surface area contributed by atoms with Gasteiger partial charge in [-0.25, -0.2) is 0 Å². The first-order valence-electron chi connectivity index (χ1n) is 8.68. The van der Waals surface area contributed by atoms with E-state index in [2.05, 4.69) is 0 Å². The van der Waals surface area contributed by atoms with Crippen LogP contribution in [0.25, 0.3) is 6.08 Å². The first kappa shape index (κ1) is 17.7. The van der Waals surface area contributed by atoms with E-state index < -0.39 is 0 Å². The Morgan fingerprint density at radius 2 is 1.62 bits per heavy atom. The molecule has 0 aliphatic carbocycles. The topological polar surface area (TPSA) is 26.3 Å². The Hall–Kier alpha value is -3.13. The van der Waals surface area contributed by atoms with Gasteiger partial charge in [-0.1, -0.05) is 60.7 Å². The van der Waals surface area contributed by atoms with E-state index in [1.54, 1.807) is 6.08 Å². The summed E-state index contributed by atoms with van der Waals surface area (Å²) in [5, 5.41) is 0. The molecule has 3 aromatic rings. The molecule has 3 aromatic carbocycles. The molecule has 2 nitrogen and oxygen atoms in total. The number of hydrogen-bond donors (Lipinski definition) is 0. The lowest BCUT2D eigenvalue weighted by molar-refractivity contribution is 0.104. The van der Waals surface area contributed by atoms with E-state index in [9.17, 15) is 4.79 Å². The molecule has 0 heterocycles. The molecule has 0 atom stereocenters. The molecule has 3 rings (SSSR count). The van der Waals surface area contributed by atoms with E-state index in [-0.39, 0.29) is 5.78 Å². The number of carbonyl (C=O) groups is 1. The number of aryl methyl sites for hydroxylation is 2. The molecule has 0 aliphatic rings. The third-order valence-electron chi connectivity index (χ3n) is 4.35. The summed E-state index contributed by atoms with van der Waals surface area (Å²) >= 11 is 0. The fraction of sp³-hybridized carbons (Fsp3) is 0.125. The molecule has 0 unspecified atom stereocenters. The first-order valence-corrected chi connectivity index (χ1v) is 8.68. The van der Waals surface area contributed by atoms with Crippen molar-refractivity contribution in [2.75, 3.05) is 0 Å². The molecule has 26 heavy (non-hydrogen) atoms. The molecule has 0 N–H and O–H groups in total. The lowest BCUT2D eigenvalue weighted by Gasteiger charge is -2.06. The Morgan fingerprint density at radius 3 is 2.31 bits per heavy atom. The predicted octanol–water partition coefficient (Wildman–Crippen LogP) is 5.78. The SMILES string of the molecule is Cc1ccc(C(=O)/C=C/c2ccc(OCc3ccccc3)cc2)cc1C.